The maximum Gasteiger partial charge on any atom is 0.246 e. The van der Waals surface area contributed by atoms with E-state index in [9.17, 15) is 18.8 Å². The molecule has 1 aliphatic rings. The number of anilines is 1. The lowest BCUT2D eigenvalue weighted by molar-refractivity contribution is -0.141. The van der Waals surface area contributed by atoms with E-state index in [0.29, 0.717) is 24.0 Å². The summed E-state index contributed by atoms with van der Waals surface area (Å²) in [6.07, 6.45) is 4.70. The molecule has 0 aliphatic heterocycles. The van der Waals surface area contributed by atoms with E-state index in [1.807, 2.05) is 0 Å². The highest BCUT2D eigenvalue weighted by Crippen LogP contribution is 2.46. The van der Waals surface area contributed by atoms with Crippen LogP contribution in [0.2, 0.25) is 0 Å². The van der Waals surface area contributed by atoms with Crippen LogP contribution in [-0.2, 0) is 15.0 Å². The van der Waals surface area contributed by atoms with Crippen LogP contribution in [0.4, 0.5) is 10.3 Å². The van der Waals surface area contributed by atoms with E-state index in [-0.39, 0.29) is 18.4 Å². The highest BCUT2D eigenvalue weighted by atomic mass is 79.9. The average Bonchev–Trinajstić information content (AvgIpc) is 2.63. The Bertz CT molecular complexity index is 916. The Morgan fingerprint density at radius 1 is 1.32 bits per heavy atom. The smallest absolute Gasteiger partial charge is 0.246 e. The number of likely N-dealkylation sites (N-methyl/N-ethyl adjacent to an activating group) is 1. The maximum absolute atomic E-state index is 13.2. The first kappa shape index (κ1) is 20.1. The van der Waals surface area contributed by atoms with E-state index in [1.54, 1.807) is 18.2 Å². The van der Waals surface area contributed by atoms with E-state index in [1.165, 1.54) is 11.9 Å². The molecule has 0 unspecified atom stereocenters. The molecule has 0 spiro atoms. The van der Waals surface area contributed by atoms with Crippen LogP contribution >= 0.6 is 15.9 Å². The predicted octanol–water partition coefficient (Wildman–Crippen LogP) is 2.71. The minimum atomic E-state index is -0.818. The van der Waals surface area contributed by atoms with Gasteiger partial charge in [0.05, 0.1) is 24.4 Å². The largest absolute Gasteiger partial charge is 0.336 e. The van der Waals surface area contributed by atoms with Gasteiger partial charge in [-0.1, -0.05) is 28.4 Å². The number of aromatic nitrogens is 2. The molecule has 146 valence electrons. The lowest BCUT2D eigenvalue weighted by atomic mass is 9.62. The van der Waals surface area contributed by atoms with Crippen molar-refractivity contribution in [2.24, 2.45) is 0 Å². The molecule has 0 bridgehead atoms. The van der Waals surface area contributed by atoms with Gasteiger partial charge in [-0.25, -0.2) is 14.4 Å². The van der Waals surface area contributed by atoms with Crippen LogP contribution in [0.5, 0.6) is 0 Å². The second kappa shape index (κ2) is 8.14. The third-order valence-electron chi connectivity index (χ3n) is 4.87. The molecule has 1 heterocycles. The number of halogens is 2. The lowest BCUT2D eigenvalue weighted by Gasteiger charge is -2.43. The molecule has 1 saturated carbocycles. The van der Waals surface area contributed by atoms with E-state index >= 15 is 0 Å². The molecule has 28 heavy (non-hydrogen) atoms. The Labute approximate surface area is 169 Å². The zero-order chi connectivity index (χ0) is 20.3. The van der Waals surface area contributed by atoms with Crippen LogP contribution in [0.3, 0.4) is 0 Å². The molecule has 1 N–H and O–H groups in total. The first-order valence-corrected chi connectivity index (χ1v) is 9.43. The molecule has 1 fully saturated rings. The minimum Gasteiger partial charge on any atom is -0.336 e. The first-order valence-electron chi connectivity index (χ1n) is 8.64. The number of nitrogens with one attached hydrogen (secondary N) is 1. The summed E-state index contributed by atoms with van der Waals surface area (Å²) in [4.78, 5) is 45.5. The van der Waals surface area contributed by atoms with Crippen molar-refractivity contribution < 1.29 is 18.8 Å². The zero-order valence-corrected chi connectivity index (χ0v) is 16.7. The SMILES string of the molecule is CN(CC(=O)Nc1ncc(F)cn1)C(=O)C1(c2cc(Br)ccc2C=O)CCC1. The van der Waals surface area contributed by atoms with Crippen molar-refractivity contribution in [1.82, 2.24) is 14.9 Å². The van der Waals surface area contributed by atoms with E-state index in [0.717, 1.165) is 29.6 Å². The number of rotatable bonds is 6. The maximum atomic E-state index is 13.2. The van der Waals surface area contributed by atoms with E-state index < -0.39 is 17.1 Å². The van der Waals surface area contributed by atoms with Gasteiger partial charge in [0, 0.05) is 17.1 Å². The summed E-state index contributed by atoms with van der Waals surface area (Å²) in [6, 6.07) is 5.23. The number of aldehydes is 1. The fourth-order valence-corrected chi connectivity index (χ4v) is 3.73. The highest BCUT2D eigenvalue weighted by Gasteiger charge is 2.48. The Morgan fingerprint density at radius 2 is 2.00 bits per heavy atom. The topological polar surface area (TPSA) is 92.3 Å². The van der Waals surface area contributed by atoms with Crippen LogP contribution in [0.25, 0.3) is 0 Å². The molecule has 2 aromatic rings. The molecule has 0 atom stereocenters. The van der Waals surface area contributed by atoms with Crippen molar-refractivity contribution in [2.75, 3.05) is 18.9 Å². The van der Waals surface area contributed by atoms with Gasteiger partial charge >= 0.3 is 0 Å². The van der Waals surface area contributed by atoms with Gasteiger partial charge in [0.15, 0.2) is 5.82 Å². The van der Waals surface area contributed by atoms with Gasteiger partial charge in [-0.15, -0.1) is 0 Å². The molecule has 3 rings (SSSR count). The minimum absolute atomic E-state index is 0.0409. The van der Waals surface area contributed by atoms with Crippen LogP contribution in [-0.4, -0.2) is 46.6 Å². The average molecular weight is 449 g/mol. The number of amides is 2. The summed E-state index contributed by atoms with van der Waals surface area (Å²) < 4.78 is 13.6. The normalized spacial score (nSPS) is 14.7. The van der Waals surface area contributed by atoms with Crippen LogP contribution in [0, 0.1) is 5.82 Å². The molecular formula is C19H18BrFN4O3. The summed E-state index contributed by atoms with van der Waals surface area (Å²) in [6.45, 7) is -0.217. The standard InChI is InChI=1S/C19H18BrFN4O3/c1-25(10-16(27)24-18-22-8-14(21)9-23-18)17(28)19(5-2-6-19)15-7-13(20)4-3-12(15)11-26/h3-4,7-9,11H,2,5-6,10H2,1H3,(H,22,23,24,27). The predicted molar refractivity (Wildman–Crippen MR) is 103 cm³/mol. The number of nitrogens with zero attached hydrogens (tertiary/aromatic N) is 3. The fraction of sp³-hybridized carbons (Fsp3) is 0.316. The van der Waals surface area contributed by atoms with Gasteiger partial charge < -0.3 is 4.90 Å². The number of hydrogen-bond acceptors (Lipinski definition) is 5. The quantitative estimate of drug-likeness (QED) is 0.685. The van der Waals surface area contributed by atoms with Gasteiger partial charge in [0.1, 0.15) is 6.29 Å². The van der Waals surface area contributed by atoms with E-state index in [2.05, 4.69) is 31.2 Å². The number of carbonyl (C=O) groups excluding carboxylic acids is 3. The molecule has 1 aliphatic carbocycles. The lowest BCUT2D eigenvalue weighted by Crippen LogP contribution is -2.51. The molecule has 2 amide bonds. The van der Waals surface area contributed by atoms with Crippen molar-refractivity contribution in [2.45, 2.75) is 24.7 Å². The Hall–Kier alpha value is -2.68. The third-order valence-corrected chi connectivity index (χ3v) is 5.37. The Kier molecular flexibility index (Phi) is 5.83. The monoisotopic (exact) mass is 448 g/mol. The fourth-order valence-electron chi connectivity index (χ4n) is 3.37. The summed E-state index contributed by atoms with van der Waals surface area (Å²) in [5.74, 6) is -1.38. The van der Waals surface area contributed by atoms with Crippen molar-refractivity contribution in [3.05, 3.63) is 52.0 Å². The van der Waals surface area contributed by atoms with Gasteiger partial charge in [-0.2, -0.15) is 0 Å². The number of hydrogen-bond donors (Lipinski definition) is 1. The van der Waals surface area contributed by atoms with Gasteiger partial charge in [-0.05, 0) is 30.5 Å². The Balaban J connectivity index is 1.76. The zero-order valence-electron chi connectivity index (χ0n) is 15.1. The molecule has 1 aromatic heterocycles. The number of carbonyl (C=O) groups is 3. The van der Waals surface area contributed by atoms with Crippen molar-refractivity contribution in [3.63, 3.8) is 0 Å². The molecule has 0 saturated heterocycles. The van der Waals surface area contributed by atoms with Crippen molar-refractivity contribution >= 4 is 40.0 Å². The van der Waals surface area contributed by atoms with Crippen molar-refractivity contribution in [3.8, 4) is 0 Å². The molecule has 9 heteroatoms. The summed E-state index contributed by atoms with van der Waals surface area (Å²) in [7, 11) is 1.53. The summed E-state index contributed by atoms with van der Waals surface area (Å²) >= 11 is 3.39. The van der Waals surface area contributed by atoms with Crippen LogP contribution in [0.15, 0.2) is 35.1 Å². The Morgan fingerprint density at radius 3 is 2.57 bits per heavy atom. The van der Waals surface area contributed by atoms with Crippen molar-refractivity contribution in [1.29, 1.82) is 0 Å². The molecule has 7 nitrogen and oxygen atoms in total. The van der Waals surface area contributed by atoms with Gasteiger partial charge in [0.25, 0.3) is 0 Å². The van der Waals surface area contributed by atoms with E-state index in [4.69, 9.17) is 0 Å². The second-order valence-electron chi connectivity index (χ2n) is 6.72. The summed E-state index contributed by atoms with van der Waals surface area (Å²) in [5.41, 5.74) is 0.317. The number of benzene rings is 1. The second-order valence-corrected chi connectivity index (χ2v) is 7.64. The first-order chi connectivity index (χ1) is 13.4. The van der Waals surface area contributed by atoms with Gasteiger partial charge in [-0.3, -0.25) is 19.7 Å². The molecule has 0 radical (unpaired) electrons. The third kappa shape index (κ3) is 3.94. The highest BCUT2D eigenvalue weighted by molar-refractivity contribution is 9.10. The summed E-state index contributed by atoms with van der Waals surface area (Å²) in [5, 5.41) is 2.43. The molecular weight excluding hydrogens is 431 g/mol. The molecule has 1 aromatic carbocycles. The van der Waals surface area contributed by atoms with Gasteiger partial charge in [0.2, 0.25) is 17.8 Å². The van der Waals surface area contributed by atoms with Crippen LogP contribution < -0.4 is 5.32 Å². The van der Waals surface area contributed by atoms with Crippen LogP contribution in [0.1, 0.15) is 35.2 Å².